The van der Waals surface area contributed by atoms with Crippen molar-refractivity contribution in [3.05, 3.63) is 93.2 Å². The number of fused-ring (bicyclic) bond motifs is 1. The van der Waals surface area contributed by atoms with Crippen LogP contribution >= 0.6 is 22.9 Å². The third-order valence-electron chi connectivity index (χ3n) is 7.26. The minimum atomic E-state index is -0.787. The maximum atomic E-state index is 13.8. The third-order valence-corrected chi connectivity index (χ3v) is 8.70. The van der Waals surface area contributed by atoms with Crippen LogP contribution in [-0.2, 0) is 21.4 Å². The van der Waals surface area contributed by atoms with E-state index in [1.807, 2.05) is 35.2 Å². The lowest BCUT2D eigenvalue weighted by Gasteiger charge is -2.38. The molecule has 1 saturated carbocycles. The van der Waals surface area contributed by atoms with E-state index in [2.05, 4.69) is 56.5 Å². The number of carbonyl (C=O) groups excluding carboxylic acids is 2. The summed E-state index contributed by atoms with van der Waals surface area (Å²) in [5.41, 5.74) is 4.41. The van der Waals surface area contributed by atoms with Crippen molar-refractivity contribution in [3.8, 4) is 0 Å². The summed E-state index contributed by atoms with van der Waals surface area (Å²) in [5.74, 6) is -0.202. The molecule has 36 heavy (non-hydrogen) atoms. The van der Waals surface area contributed by atoms with Crippen LogP contribution in [0, 0.1) is 0 Å². The van der Waals surface area contributed by atoms with Gasteiger partial charge in [-0.3, -0.25) is 9.59 Å². The normalized spacial score (nSPS) is 18.4. The summed E-state index contributed by atoms with van der Waals surface area (Å²) in [5, 5.41) is 1.33. The predicted octanol–water partition coefficient (Wildman–Crippen LogP) is 6.49. The van der Waals surface area contributed by atoms with Gasteiger partial charge in [0.25, 0.3) is 0 Å². The number of hydrogen-bond acceptors (Lipinski definition) is 3. The molecule has 2 aliphatic rings. The van der Waals surface area contributed by atoms with Crippen molar-refractivity contribution < 1.29 is 9.59 Å². The molecule has 0 bridgehead atoms. The zero-order valence-electron chi connectivity index (χ0n) is 21.1. The molecule has 1 fully saturated rings. The monoisotopic (exact) mass is 520 g/mol. The summed E-state index contributed by atoms with van der Waals surface area (Å²) in [6.07, 6.45) is 2.68. The molecule has 0 saturated heterocycles. The zero-order chi connectivity index (χ0) is 25.4. The molecule has 2 heterocycles. The van der Waals surface area contributed by atoms with Crippen LogP contribution in [0.1, 0.15) is 72.2 Å². The highest BCUT2D eigenvalue weighted by molar-refractivity contribution is 7.10. The Bertz CT molecular complexity index is 1230. The van der Waals surface area contributed by atoms with E-state index in [9.17, 15) is 9.59 Å². The van der Waals surface area contributed by atoms with Crippen LogP contribution in [-0.4, -0.2) is 40.7 Å². The zero-order valence-corrected chi connectivity index (χ0v) is 22.7. The van der Waals surface area contributed by atoms with E-state index in [1.54, 1.807) is 16.2 Å². The molecular weight excluding hydrogens is 488 g/mol. The molecule has 2 atom stereocenters. The molecule has 0 N–H and O–H groups in total. The fourth-order valence-corrected chi connectivity index (χ4v) is 6.20. The van der Waals surface area contributed by atoms with Gasteiger partial charge in [0.2, 0.25) is 11.8 Å². The van der Waals surface area contributed by atoms with Gasteiger partial charge in [-0.25, -0.2) is 0 Å². The molecule has 2 amide bonds. The number of halogens is 1. The highest BCUT2D eigenvalue weighted by atomic mass is 35.5. The van der Waals surface area contributed by atoms with Crippen molar-refractivity contribution in [1.29, 1.82) is 0 Å². The molecule has 3 aromatic rings. The molecular formula is C30H33ClN2O2S. The highest BCUT2D eigenvalue weighted by Crippen LogP contribution is 2.39. The summed E-state index contributed by atoms with van der Waals surface area (Å²) in [6, 6.07) is 20.2. The van der Waals surface area contributed by atoms with Gasteiger partial charge >= 0.3 is 0 Å². The van der Waals surface area contributed by atoms with Crippen LogP contribution in [0.4, 0.5) is 0 Å². The number of thiophene rings is 1. The van der Waals surface area contributed by atoms with Gasteiger partial charge in [0.1, 0.15) is 11.9 Å². The number of hydrogen-bond donors (Lipinski definition) is 0. The van der Waals surface area contributed by atoms with Crippen LogP contribution in [0.5, 0.6) is 0 Å². The molecule has 5 rings (SSSR count). The quantitative estimate of drug-likeness (QED) is 0.348. The Labute approximate surface area is 222 Å². The van der Waals surface area contributed by atoms with Gasteiger partial charge in [-0.05, 0) is 58.4 Å². The highest BCUT2D eigenvalue weighted by Gasteiger charge is 2.40. The number of benzene rings is 2. The van der Waals surface area contributed by atoms with E-state index in [0.29, 0.717) is 6.54 Å². The first-order chi connectivity index (χ1) is 17.2. The van der Waals surface area contributed by atoms with Crippen LogP contribution in [0.15, 0.2) is 66.0 Å². The summed E-state index contributed by atoms with van der Waals surface area (Å²) in [6.45, 7) is 7.33. The summed E-state index contributed by atoms with van der Waals surface area (Å²) < 4.78 is 0. The molecule has 0 spiro atoms. The fraction of sp³-hybridized carbons (Fsp3) is 0.400. The topological polar surface area (TPSA) is 40.6 Å². The van der Waals surface area contributed by atoms with Gasteiger partial charge in [0.05, 0.1) is 6.04 Å². The molecule has 2 unspecified atom stereocenters. The van der Waals surface area contributed by atoms with Crippen molar-refractivity contribution in [1.82, 2.24) is 9.80 Å². The Morgan fingerprint density at radius 3 is 2.39 bits per heavy atom. The molecule has 4 nitrogen and oxygen atoms in total. The smallest absolute Gasteiger partial charge is 0.245 e. The van der Waals surface area contributed by atoms with Crippen LogP contribution in [0.3, 0.4) is 0 Å². The van der Waals surface area contributed by atoms with Crippen molar-refractivity contribution >= 4 is 34.8 Å². The first-order valence-corrected chi connectivity index (χ1v) is 14.0. The lowest BCUT2D eigenvalue weighted by Crippen LogP contribution is -2.48. The molecule has 1 aliphatic heterocycles. The summed E-state index contributed by atoms with van der Waals surface area (Å²) in [7, 11) is 0. The lowest BCUT2D eigenvalue weighted by atomic mass is 9.85. The van der Waals surface area contributed by atoms with Crippen LogP contribution in [0.2, 0.25) is 0 Å². The average molecular weight is 521 g/mol. The first kappa shape index (κ1) is 25.0. The SMILES string of the molecule is CC(C)(C)c1ccc(C2c3ccsc3CCN2C(=O)CN(C(=O)C(Cl)c2ccccc2)C2CC2)cc1. The standard InChI is InChI=1S/C30H33ClN2O2S/c1-30(2,3)22-11-9-21(10-12-22)28-24-16-18-36-25(24)15-17-32(28)26(34)19-33(23-13-14-23)29(35)27(31)20-7-5-4-6-8-20/h4-12,16,18,23,27-28H,13-15,17,19H2,1-3H3. The fourth-order valence-electron chi connectivity index (χ4n) is 5.03. The maximum absolute atomic E-state index is 13.8. The first-order valence-electron chi connectivity index (χ1n) is 12.7. The molecule has 0 radical (unpaired) electrons. The van der Waals surface area contributed by atoms with Crippen molar-refractivity contribution in [2.45, 2.75) is 62.9 Å². The molecule has 1 aliphatic carbocycles. The van der Waals surface area contributed by atoms with Gasteiger partial charge in [-0.1, -0.05) is 75.4 Å². The maximum Gasteiger partial charge on any atom is 0.245 e. The second kappa shape index (κ2) is 10.0. The van der Waals surface area contributed by atoms with Crippen molar-refractivity contribution in [2.24, 2.45) is 0 Å². The van der Waals surface area contributed by atoms with Crippen LogP contribution < -0.4 is 0 Å². The van der Waals surface area contributed by atoms with Crippen molar-refractivity contribution in [3.63, 3.8) is 0 Å². The van der Waals surface area contributed by atoms with Gasteiger partial charge in [0, 0.05) is 17.5 Å². The van der Waals surface area contributed by atoms with E-state index in [-0.39, 0.29) is 35.9 Å². The average Bonchev–Trinajstić information content (AvgIpc) is 3.61. The number of nitrogens with zero attached hydrogens (tertiary/aromatic N) is 2. The molecule has 6 heteroatoms. The van der Waals surface area contributed by atoms with Crippen molar-refractivity contribution in [2.75, 3.05) is 13.1 Å². The van der Waals surface area contributed by atoms with E-state index in [1.165, 1.54) is 16.0 Å². The van der Waals surface area contributed by atoms with Crippen LogP contribution in [0.25, 0.3) is 0 Å². The minimum absolute atomic E-state index is 0.0195. The largest absolute Gasteiger partial charge is 0.330 e. The Kier molecular flexibility index (Phi) is 6.97. The van der Waals surface area contributed by atoms with Gasteiger partial charge in [-0.15, -0.1) is 22.9 Å². The minimum Gasteiger partial charge on any atom is -0.330 e. The molecule has 188 valence electrons. The second-order valence-electron chi connectivity index (χ2n) is 10.9. The number of rotatable bonds is 6. The number of alkyl halides is 1. The summed E-state index contributed by atoms with van der Waals surface area (Å²) >= 11 is 8.37. The van der Waals surface area contributed by atoms with Gasteiger partial charge in [0.15, 0.2) is 0 Å². The van der Waals surface area contributed by atoms with Gasteiger partial charge in [-0.2, -0.15) is 0 Å². The second-order valence-corrected chi connectivity index (χ2v) is 12.3. The van der Waals surface area contributed by atoms with E-state index in [0.717, 1.165) is 30.4 Å². The Balaban J connectivity index is 1.40. The van der Waals surface area contributed by atoms with E-state index < -0.39 is 5.38 Å². The Morgan fingerprint density at radius 2 is 1.75 bits per heavy atom. The predicted molar refractivity (Wildman–Crippen MR) is 146 cm³/mol. The summed E-state index contributed by atoms with van der Waals surface area (Å²) in [4.78, 5) is 32.3. The van der Waals surface area contributed by atoms with E-state index >= 15 is 0 Å². The van der Waals surface area contributed by atoms with Gasteiger partial charge < -0.3 is 9.80 Å². The third kappa shape index (κ3) is 5.09. The molecule has 1 aromatic heterocycles. The number of amides is 2. The Morgan fingerprint density at radius 1 is 1.06 bits per heavy atom. The lowest BCUT2D eigenvalue weighted by molar-refractivity contribution is -0.142. The number of carbonyl (C=O) groups is 2. The Hall–Kier alpha value is -2.63. The van der Waals surface area contributed by atoms with E-state index in [4.69, 9.17) is 11.6 Å². The molecule has 2 aromatic carbocycles.